The molecule has 0 saturated carbocycles. The molecule has 0 N–H and O–H groups in total. The molecule has 4 heavy (non-hydrogen) atoms. The average molecular weight is 99.0 g/mol. The predicted octanol–water partition coefficient (Wildman–Crippen LogP) is 0.521. The summed E-state index contributed by atoms with van der Waals surface area (Å²) in [5.41, 5.74) is 0. The first-order valence-electron chi connectivity index (χ1n) is 0.934. The second-order valence-corrected chi connectivity index (χ2v) is 0.694. The monoisotopic (exact) mass is 99.0 g/mol. The molecule has 0 radical (unpaired) electrons. The molecule has 0 nitrogen and oxygen atoms in total. The van der Waals surface area contributed by atoms with Gasteiger partial charge < -0.3 is 0 Å². The molecule has 0 spiro atoms. The number of rotatable bonds is 1. The van der Waals surface area contributed by atoms with Crippen LogP contribution in [0.4, 0.5) is 0 Å². The van der Waals surface area contributed by atoms with E-state index in [4.69, 9.17) is 0 Å². The Bertz CT molecular complexity index is 24.3. The van der Waals surface area contributed by atoms with Crippen LogP contribution < -0.4 is 0 Å². The summed E-state index contributed by atoms with van der Waals surface area (Å²) in [6, 6.07) is 0. The van der Waals surface area contributed by atoms with Crippen LogP contribution >= 0.6 is 0 Å². The third-order valence-corrected chi connectivity index (χ3v) is 0.324. The molecule has 0 fully saturated rings. The van der Waals surface area contributed by atoms with Gasteiger partial charge in [-0.25, -0.2) is 0 Å². The van der Waals surface area contributed by atoms with Crippen LogP contribution in [0.5, 0.6) is 0 Å². The second-order valence-electron chi connectivity index (χ2n) is 0.347. The summed E-state index contributed by atoms with van der Waals surface area (Å²) in [6.07, 6.45) is 1.61. The van der Waals surface area contributed by atoms with E-state index in [0.29, 0.717) is 0 Å². The molecule has 0 amide bonds. The molecule has 0 heterocycles. The summed E-state index contributed by atoms with van der Waals surface area (Å²) in [6.45, 7) is 3.35. The van der Waals surface area contributed by atoms with Crippen LogP contribution in [0.15, 0.2) is 12.7 Å². The Kier molecular flexibility index (Phi) is 3.21. The van der Waals surface area contributed by atoms with Crippen molar-refractivity contribution in [3.8, 4) is 0 Å². The van der Waals surface area contributed by atoms with Gasteiger partial charge in [0.1, 0.15) is 0 Å². The van der Waals surface area contributed by atoms with E-state index in [1.165, 1.54) is 0 Å². The topological polar surface area (TPSA) is 0 Å². The molecular weight excluding hydrogens is 95.0 g/mol. The summed E-state index contributed by atoms with van der Waals surface area (Å²) in [7, 11) is 0. The molecule has 0 aliphatic carbocycles. The van der Waals surface area contributed by atoms with Crippen LogP contribution in [0, 0.1) is 0 Å². The number of hydrogen-bond acceptors (Lipinski definition) is 0. The van der Waals surface area contributed by atoms with Crippen LogP contribution in [0.1, 0.15) is 0 Å². The zero-order valence-corrected chi connectivity index (χ0v) is 3.24. The number of allylic oxidation sites excluding steroid dienone is 1. The van der Waals surface area contributed by atoms with E-state index in [-0.39, 0.29) is 0 Å². The van der Waals surface area contributed by atoms with E-state index in [1.54, 1.807) is 11.0 Å². The van der Waals surface area contributed by atoms with Gasteiger partial charge in [0.25, 0.3) is 0 Å². The van der Waals surface area contributed by atoms with Gasteiger partial charge in [0.15, 0.2) is 0 Å². The Labute approximate surface area is 33.7 Å². The Morgan fingerprint density at radius 1 is 1.75 bits per heavy atom. The van der Waals surface area contributed by atoms with Crippen LogP contribution in [0.2, 0.25) is 0 Å². The summed E-state index contributed by atoms with van der Waals surface area (Å²) < 4.78 is 0. The van der Waals surface area contributed by atoms with E-state index < -0.39 is 0 Å². The zero-order valence-electron chi connectivity index (χ0n) is 2.20. The molecule has 25 valence electrons. The van der Waals surface area contributed by atoms with Crippen molar-refractivity contribution < 1.29 is 15.3 Å². The van der Waals surface area contributed by atoms with Gasteiger partial charge in [0.2, 0.25) is 0 Å². The molecular formula is C3H4Co. The summed E-state index contributed by atoms with van der Waals surface area (Å²) in [4.78, 5) is 1.58. The maximum absolute atomic E-state index is 3.72. The van der Waals surface area contributed by atoms with Crippen molar-refractivity contribution >= 4 is 4.96 Å². The van der Waals surface area contributed by atoms with Gasteiger partial charge in [-0.1, -0.05) is 0 Å². The van der Waals surface area contributed by atoms with Gasteiger partial charge in [-0.15, -0.1) is 0 Å². The summed E-state index contributed by atoms with van der Waals surface area (Å²) in [5.74, 6) is 0. The first-order valence-corrected chi connectivity index (χ1v) is 1.54. The quantitative estimate of drug-likeness (QED) is 0.449. The first kappa shape index (κ1) is 4.12. The minimum atomic E-state index is 1.58. The van der Waals surface area contributed by atoms with Crippen molar-refractivity contribution in [1.29, 1.82) is 0 Å². The van der Waals surface area contributed by atoms with Crippen molar-refractivity contribution in [2.24, 2.45) is 0 Å². The van der Waals surface area contributed by atoms with Gasteiger partial charge >= 0.3 is 32.9 Å². The molecule has 0 aromatic heterocycles. The molecule has 0 rings (SSSR count). The molecule has 1 heteroatoms. The maximum atomic E-state index is 3.72. The Balaban J connectivity index is 2.73. The third kappa shape index (κ3) is 2.12. The van der Waals surface area contributed by atoms with Gasteiger partial charge in [0.05, 0.1) is 0 Å². The predicted molar refractivity (Wildman–Crippen MR) is 16.3 cm³/mol. The molecule has 0 aliphatic rings. The normalized spacial score (nSPS) is 5.25. The van der Waals surface area contributed by atoms with Crippen molar-refractivity contribution in [2.45, 2.75) is 0 Å². The summed E-state index contributed by atoms with van der Waals surface area (Å²) >= 11 is 3.72. The minimum absolute atomic E-state index is 1.58. The van der Waals surface area contributed by atoms with E-state index in [0.717, 1.165) is 0 Å². The summed E-state index contributed by atoms with van der Waals surface area (Å²) in [5, 5.41) is 0. The molecule has 0 atom stereocenters. The van der Waals surface area contributed by atoms with Gasteiger partial charge in [-0.2, -0.15) is 0 Å². The van der Waals surface area contributed by atoms with E-state index in [2.05, 4.69) is 21.9 Å². The average Bonchev–Trinajstić information content (AvgIpc) is 1.37. The molecule has 0 bridgehead atoms. The van der Waals surface area contributed by atoms with E-state index in [9.17, 15) is 0 Å². The molecule has 0 aromatic carbocycles. The fraction of sp³-hybridized carbons (Fsp3) is 0. The molecule has 0 unspecified atom stereocenters. The van der Waals surface area contributed by atoms with Gasteiger partial charge in [-0.3, -0.25) is 0 Å². The third-order valence-electron chi connectivity index (χ3n) is 0.0786. The molecule has 0 aromatic rings. The van der Waals surface area contributed by atoms with Crippen molar-refractivity contribution in [3.63, 3.8) is 0 Å². The van der Waals surface area contributed by atoms with E-state index in [1.807, 2.05) is 0 Å². The van der Waals surface area contributed by atoms with Gasteiger partial charge in [-0.05, 0) is 0 Å². The Hall–Kier alpha value is 0.116. The fourth-order valence-electron chi connectivity index (χ4n) is 0. The SMILES string of the molecule is C=C[CH]=[Co]. The first-order chi connectivity index (χ1) is 1.91. The van der Waals surface area contributed by atoms with Crippen LogP contribution in [-0.2, 0) is 15.3 Å². The zero-order chi connectivity index (χ0) is 3.41. The molecule has 0 aliphatic heterocycles. The Morgan fingerprint density at radius 2 is 2.00 bits per heavy atom. The Morgan fingerprint density at radius 3 is 2.00 bits per heavy atom. The van der Waals surface area contributed by atoms with Crippen molar-refractivity contribution in [3.05, 3.63) is 12.7 Å². The fourth-order valence-corrected chi connectivity index (χ4v) is 0. The van der Waals surface area contributed by atoms with Crippen LogP contribution in [0.3, 0.4) is 0 Å². The van der Waals surface area contributed by atoms with Crippen LogP contribution in [0.25, 0.3) is 0 Å². The van der Waals surface area contributed by atoms with E-state index >= 15 is 0 Å². The standard InChI is InChI=1S/C3H4.Co/c1-3-2;/h1,3H,2H2;. The van der Waals surface area contributed by atoms with Crippen molar-refractivity contribution in [2.75, 3.05) is 0 Å². The van der Waals surface area contributed by atoms with Crippen molar-refractivity contribution in [1.82, 2.24) is 0 Å². The second kappa shape index (κ2) is 3.12. The van der Waals surface area contributed by atoms with Gasteiger partial charge in [0, 0.05) is 0 Å². The van der Waals surface area contributed by atoms with Crippen LogP contribution in [-0.4, -0.2) is 4.96 Å². The molecule has 0 saturated heterocycles. The number of hydrogen-bond donors (Lipinski definition) is 0.